The molecule has 0 spiro atoms. The summed E-state index contributed by atoms with van der Waals surface area (Å²) in [5, 5.41) is 4.88. The quantitative estimate of drug-likeness (QED) is 0.189. The van der Waals surface area contributed by atoms with Crippen LogP contribution in [-0.2, 0) is 14.4 Å². The lowest BCUT2D eigenvalue weighted by Gasteiger charge is -2.18. The van der Waals surface area contributed by atoms with E-state index in [1.54, 1.807) is 0 Å². The van der Waals surface area contributed by atoms with Crippen molar-refractivity contribution in [2.45, 2.75) is 38.8 Å². The summed E-state index contributed by atoms with van der Waals surface area (Å²) in [4.78, 5) is 37.6. The normalized spacial score (nSPS) is 12.9. The fourth-order valence-electron chi connectivity index (χ4n) is 1.46. The maximum atomic E-state index is 11.7. The average molecular weight is 286 g/mol. The minimum Gasteiger partial charge on any atom is -0.370 e. The van der Waals surface area contributed by atoms with E-state index in [2.05, 4.69) is 15.6 Å². The Morgan fingerprint density at radius 1 is 1.15 bits per heavy atom. The van der Waals surface area contributed by atoms with Gasteiger partial charge < -0.3 is 27.8 Å². The van der Waals surface area contributed by atoms with Crippen LogP contribution in [0.3, 0.4) is 0 Å². The molecule has 0 saturated heterocycles. The molecule has 114 valence electrons. The molecule has 0 aliphatic carbocycles. The Kier molecular flexibility index (Phi) is 7.71. The second-order valence-electron chi connectivity index (χ2n) is 4.33. The molecule has 0 fully saturated rings. The fraction of sp³-hybridized carbons (Fsp3) is 0.636. The first kappa shape index (κ1) is 17.7. The number of amides is 3. The van der Waals surface area contributed by atoms with Gasteiger partial charge in [-0.25, -0.2) is 0 Å². The zero-order valence-corrected chi connectivity index (χ0v) is 11.7. The first-order valence-electron chi connectivity index (χ1n) is 6.16. The molecule has 3 amide bonds. The molecule has 0 aromatic heterocycles. The molecular weight excluding hydrogens is 264 g/mol. The Bertz CT molecular complexity index is 392. The van der Waals surface area contributed by atoms with Gasteiger partial charge >= 0.3 is 0 Å². The molecule has 0 heterocycles. The van der Waals surface area contributed by atoms with E-state index in [1.165, 1.54) is 13.8 Å². The van der Waals surface area contributed by atoms with Gasteiger partial charge in [-0.05, 0) is 19.8 Å². The molecule has 9 nitrogen and oxygen atoms in total. The van der Waals surface area contributed by atoms with Gasteiger partial charge in [0, 0.05) is 13.5 Å². The van der Waals surface area contributed by atoms with Crippen molar-refractivity contribution in [2.24, 2.45) is 22.2 Å². The van der Waals surface area contributed by atoms with E-state index in [1.807, 2.05) is 0 Å². The summed E-state index contributed by atoms with van der Waals surface area (Å²) in [6, 6.07) is -1.57. The summed E-state index contributed by atoms with van der Waals surface area (Å²) in [5.41, 5.74) is 15.5. The Morgan fingerprint density at radius 2 is 1.75 bits per heavy atom. The highest BCUT2D eigenvalue weighted by atomic mass is 16.2. The van der Waals surface area contributed by atoms with E-state index in [-0.39, 0.29) is 11.9 Å². The molecule has 0 aliphatic heterocycles. The second kappa shape index (κ2) is 8.73. The first-order chi connectivity index (χ1) is 9.23. The Labute approximate surface area is 117 Å². The average Bonchev–Trinajstić information content (AvgIpc) is 2.31. The molecule has 0 saturated carbocycles. The van der Waals surface area contributed by atoms with E-state index in [9.17, 15) is 14.4 Å². The molecule has 2 atom stereocenters. The van der Waals surface area contributed by atoms with Gasteiger partial charge in [0.1, 0.15) is 12.1 Å². The maximum absolute atomic E-state index is 11.7. The third-order valence-corrected chi connectivity index (χ3v) is 2.42. The van der Waals surface area contributed by atoms with Gasteiger partial charge in [0.15, 0.2) is 5.96 Å². The van der Waals surface area contributed by atoms with Gasteiger partial charge in [0.05, 0.1) is 0 Å². The van der Waals surface area contributed by atoms with E-state index in [4.69, 9.17) is 17.2 Å². The third kappa shape index (κ3) is 7.90. The second-order valence-corrected chi connectivity index (χ2v) is 4.33. The summed E-state index contributed by atoms with van der Waals surface area (Å²) in [5.74, 6) is -1.51. The van der Waals surface area contributed by atoms with E-state index in [0.29, 0.717) is 19.4 Å². The number of nitrogens with one attached hydrogen (secondary N) is 2. The molecule has 0 bridgehead atoms. The zero-order chi connectivity index (χ0) is 15.7. The van der Waals surface area contributed by atoms with Crippen molar-refractivity contribution in [3.05, 3.63) is 0 Å². The number of nitrogens with zero attached hydrogens (tertiary/aromatic N) is 1. The summed E-state index contributed by atoms with van der Waals surface area (Å²) >= 11 is 0. The molecular formula is C11H22N6O3. The van der Waals surface area contributed by atoms with Crippen molar-refractivity contribution in [1.82, 2.24) is 10.6 Å². The van der Waals surface area contributed by atoms with Gasteiger partial charge in [0.25, 0.3) is 0 Å². The van der Waals surface area contributed by atoms with Crippen molar-refractivity contribution in [3.63, 3.8) is 0 Å². The highest BCUT2D eigenvalue weighted by Crippen LogP contribution is 1.98. The number of nitrogens with two attached hydrogens (primary N) is 3. The van der Waals surface area contributed by atoms with Gasteiger partial charge in [-0.1, -0.05) is 0 Å². The van der Waals surface area contributed by atoms with Crippen molar-refractivity contribution in [1.29, 1.82) is 0 Å². The molecule has 0 radical (unpaired) electrons. The lowest BCUT2D eigenvalue weighted by atomic mass is 10.1. The van der Waals surface area contributed by atoms with Gasteiger partial charge in [0.2, 0.25) is 17.7 Å². The Balaban J connectivity index is 4.33. The van der Waals surface area contributed by atoms with Crippen LogP contribution in [-0.4, -0.2) is 42.3 Å². The SMILES string of the molecule is CC(=O)N[C@@H](C)C(=O)N[C@@H](CCCN=C(N)N)C(N)=O. The number of carbonyl (C=O) groups is 3. The van der Waals surface area contributed by atoms with Crippen LogP contribution in [0.2, 0.25) is 0 Å². The number of guanidine groups is 1. The van der Waals surface area contributed by atoms with Crippen LogP contribution >= 0.6 is 0 Å². The van der Waals surface area contributed by atoms with Crippen molar-refractivity contribution < 1.29 is 14.4 Å². The molecule has 0 rings (SSSR count). The van der Waals surface area contributed by atoms with Crippen LogP contribution in [0.5, 0.6) is 0 Å². The van der Waals surface area contributed by atoms with Gasteiger partial charge in [-0.2, -0.15) is 0 Å². The van der Waals surface area contributed by atoms with Crippen LogP contribution in [0.25, 0.3) is 0 Å². The highest BCUT2D eigenvalue weighted by Gasteiger charge is 2.21. The smallest absolute Gasteiger partial charge is 0.242 e. The summed E-state index contributed by atoms with van der Waals surface area (Å²) < 4.78 is 0. The maximum Gasteiger partial charge on any atom is 0.242 e. The summed E-state index contributed by atoms with van der Waals surface area (Å²) in [6.45, 7) is 3.14. The zero-order valence-electron chi connectivity index (χ0n) is 11.7. The van der Waals surface area contributed by atoms with Crippen LogP contribution in [0.1, 0.15) is 26.7 Å². The predicted molar refractivity (Wildman–Crippen MR) is 74.3 cm³/mol. The molecule has 8 N–H and O–H groups in total. The topological polar surface area (TPSA) is 166 Å². The first-order valence-corrected chi connectivity index (χ1v) is 6.16. The number of hydrogen-bond acceptors (Lipinski definition) is 4. The highest BCUT2D eigenvalue weighted by molar-refractivity contribution is 5.90. The van der Waals surface area contributed by atoms with E-state index in [0.717, 1.165) is 0 Å². The third-order valence-electron chi connectivity index (χ3n) is 2.42. The predicted octanol–water partition coefficient (Wildman–Crippen LogP) is -2.47. The molecule has 0 aromatic rings. The Hall–Kier alpha value is -2.32. The lowest BCUT2D eigenvalue weighted by molar-refractivity contribution is -0.130. The Morgan fingerprint density at radius 3 is 2.20 bits per heavy atom. The van der Waals surface area contributed by atoms with Crippen LogP contribution in [0.15, 0.2) is 4.99 Å². The van der Waals surface area contributed by atoms with E-state index >= 15 is 0 Å². The summed E-state index contributed by atoms with van der Waals surface area (Å²) in [7, 11) is 0. The van der Waals surface area contributed by atoms with Crippen molar-refractivity contribution in [2.75, 3.05) is 6.54 Å². The number of hydrogen-bond donors (Lipinski definition) is 5. The summed E-state index contributed by atoms with van der Waals surface area (Å²) in [6.07, 6.45) is 0.797. The monoisotopic (exact) mass is 286 g/mol. The largest absolute Gasteiger partial charge is 0.370 e. The van der Waals surface area contributed by atoms with Crippen molar-refractivity contribution >= 4 is 23.7 Å². The lowest BCUT2D eigenvalue weighted by Crippen LogP contribution is -2.51. The van der Waals surface area contributed by atoms with Crippen molar-refractivity contribution in [3.8, 4) is 0 Å². The molecule has 9 heteroatoms. The number of rotatable bonds is 8. The molecule has 0 unspecified atom stereocenters. The van der Waals surface area contributed by atoms with Crippen LogP contribution in [0, 0.1) is 0 Å². The van der Waals surface area contributed by atoms with Gasteiger partial charge in [-0.3, -0.25) is 19.4 Å². The van der Waals surface area contributed by atoms with Crippen LogP contribution < -0.4 is 27.8 Å². The minimum atomic E-state index is -0.826. The molecule has 20 heavy (non-hydrogen) atoms. The number of carbonyl (C=O) groups excluding carboxylic acids is 3. The van der Waals surface area contributed by atoms with E-state index < -0.39 is 23.9 Å². The number of primary amides is 1. The van der Waals surface area contributed by atoms with Gasteiger partial charge in [-0.15, -0.1) is 0 Å². The fourth-order valence-corrected chi connectivity index (χ4v) is 1.46. The minimum absolute atomic E-state index is 0.0380. The standard InChI is InChI=1S/C11H22N6O3/c1-6(16-7(2)18)10(20)17-8(9(12)19)4-3-5-15-11(13)14/h6,8H,3-5H2,1-2H3,(H2,12,19)(H,16,18)(H,17,20)(H4,13,14,15)/t6-,8-/m0/s1. The van der Waals surface area contributed by atoms with Crippen LogP contribution in [0.4, 0.5) is 0 Å². The number of aliphatic imine (C=N–C) groups is 1. The molecule has 0 aliphatic rings. The molecule has 0 aromatic carbocycles.